The van der Waals surface area contributed by atoms with Gasteiger partial charge in [0.1, 0.15) is 0 Å². The highest BCUT2D eigenvalue weighted by Crippen LogP contribution is 2.25. The number of carboxylic acid groups (broad SMARTS) is 1. The Morgan fingerprint density at radius 2 is 1.85 bits per heavy atom. The van der Waals surface area contributed by atoms with Crippen LogP contribution in [0.2, 0.25) is 0 Å². The minimum absolute atomic E-state index is 0.172. The monoisotopic (exact) mass is 471 g/mol. The predicted molar refractivity (Wildman–Crippen MR) is 114 cm³/mol. The van der Waals surface area contributed by atoms with Gasteiger partial charge in [0.2, 0.25) is 5.91 Å². The largest absolute Gasteiger partial charge is 0.490 e. The lowest BCUT2D eigenvalue weighted by molar-refractivity contribution is -0.192. The molecule has 1 aromatic carbocycles. The molecule has 0 aliphatic carbocycles. The molecule has 11 heteroatoms. The van der Waals surface area contributed by atoms with Gasteiger partial charge in [0.05, 0.1) is 11.9 Å². The number of halogens is 3. The molecular formula is C22H28F3N3O5. The molecule has 2 fully saturated rings. The van der Waals surface area contributed by atoms with E-state index in [-0.39, 0.29) is 5.91 Å². The number of likely N-dealkylation sites (tertiary alicyclic amines) is 1. The number of H-pyrrole nitrogens is 1. The van der Waals surface area contributed by atoms with Gasteiger partial charge in [-0.3, -0.25) is 9.78 Å². The highest BCUT2D eigenvalue weighted by Gasteiger charge is 2.38. The summed E-state index contributed by atoms with van der Waals surface area (Å²) < 4.78 is 36.7. The Kier molecular flexibility index (Phi) is 8.17. The Morgan fingerprint density at radius 1 is 1.15 bits per heavy atom. The van der Waals surface area contributed by atoms with Gasteiger partial charge in [0, 0.05) is 19.1 Å². The number of amides is 1. The van der Waals surface area contributed by atoms with Gasteiger partial charge in [-0.2, -0.15) is 13.2 Å². The first-order valence-corrected chi connectivity index (χ1v) is 11.0. The number of carboxylic acids is 1. The molecule has 0 saturated carbocycles. The summed E-state index contributed by atoms with van der Waals surface area (Å²) in [7, 11) is 0. The molecule has 4 rings (SSSR count). The topological polar surface area (TPSA) is 116 Å². The number of nitrogens with zero attached hydrogens (tertiary/aromatic N) is 1. The van der Waals surface area contributed by atoms with Crippen LogP contribution in [0.25, 0.3) is 11.1 Å². The molecular weight excluding hydrogens is 443 g/mol. The normalized spacial score (nSPS) is 19.4. The van der Waals surface area contributed by atoms with Crippen LogP contribution in [0.1, 0.15) is 44.1 Å². The van der Waals surface area contributed by atoms with Crippen molar-refractivity contribution in [2.24, 2.45) is 5.92 Å². The minimum Gasteiger partial charge on any atom is -0.475 e. The van der Waals surface area contributed by atoms with Crippen LogP contribution in [0.5, 0.6) is 0 Å². The standard InChI is InChI=1S/C20H27N3O3.C2HF3O2/c24-19(13-15-4-6-18-17(12-15)22-20(25)26-18)23-10-7-14(8-11-23)3-5-16-2-1-9-21-16;3-2(4,5)1(6)7/h4,6,12,14,16,21H,1-3,5,7-11,13H2,(H,22,25);(H,6,7)/t16-;/m1./s1. The van der Waals surface area contributed by atoms with E-state index in [4.69, 9.17) is 14.3 Å². The lowest BCUT2D eigenvalue weighted by atomic mass is 9.90. The molecule has 0 spiro atoms. The number of carbonyl (C=O) groups excluding carboxylic acids is 1. The summed E-state index contributed by atoms with van der Waals surface area (Å²) in [5.41, 5.74) is 2.09. The number of alkyl halides is 3. The number of rotatable bonds is 5. The Hall–Kier alpha value is -2.82. The molecule has 1 amide bonds. The van der Waals surface area contributed by atoms with Crippen LogP contribution < -0.4 is 11.1 Å². The SMILES string of the molecule is O=C(Cc1ccc2oc(=O)[nH]c2c1)N1CCC(CC[C@H]2CCCN2)CC1.O=C(O)C(F)(F)F. The Balaban J connectivity index is 0.000000383. The van der Waals surface area contributed by atoms with Crippen molar-refractivity contribution in [2.45, 2.75) is 57.2 Å². The summed E-state index contributed by atoms with van der Waals surface area (Å²) in [5.74, 6) is -2.29. The molecule has 1 atom stereocenters. The molecule has 0 radical (unpaired) electrons. The molecule has 2 aromatic rings. The summed E-state index contributed by atoms with van der Waals surface area (Å²) in [6.45, 7) is 2.91. The number of aromatic nitrogens is 1. The summed E-state index contributed by atoms with van der Waals surface area (Å²) in [6, 6.07) is 6.16. The van der Waals surface area contributed by atoms with Gasteiger partial charge in [0.25, 0.3) is 0 Å². The molecule has 1 aromatic heterocycles. The van der Waals surface area contributed by atoms with Crippen LogP contribution in [0.3, 0.4) is 0 Å². The molecule has 0 unspecified atom stereocenters. The highest BCUT2D eigenvalue weighted by molar-refractivity contribution is 5.81. The zero-order valence-electron chi connectivity index (χ0n) is 18.1. The third-order valence-electron chi connectivity index (χ3n) is 6.13. The molecule has 2 aliphatic heterocycles. The number of carbonyl (C=O) groups is 2. The second kappa shape index (κ2) is 10.9. The summed E-state index contributed by atoms with van der Waals surface area (Å²) in [4.78, 5) is 37.4. The van der Waals surface area contributed by atoms with Gasteiger partial charge in [-0.1, -0.05) is 6.07 Å². The van der Waals surface area contributed by atoms with E-state index in [0.717, 1.165) is 43.5 Å². The van der Waals surface area contributed by atoms with Gasteiger partial charge in [0.15, 0.2) is 5.58 Å². The van der Waals surface area contributed by atoms with Crippen LogP contribution >= 0.6 is 0 Å². The quantitative estimate of drug-likeness (QED) is 0.617. The van der Waals surface area contributed by atoms with Crippen molar-refractivity contribution in [3.63, 3.8) is 0 Å². The van der Waals surface area contributed by atoms with Crippen molar-refractivity contribution in [2.75, 3.05) is 19.6 Å². The van der Waals surface area contributed by atoms with E-state index in [2.05, 4.69) is 10.3 Å². The molecule has 2 saturated heterocycles. The molecule has 182 valence electrons. The fourth-order valence-electron chi connectivity index (χ4n) is 4.31. The van der Waals surface area contributed by atoms with Crippen molar-refractivity contribution in [1.82, 2.24) is 15.2 Å². The predicted octanol–water partition coefficient (Wildman–Crippen LogP) is 3.07. The van der Waals surface area contributed by atoms with E-state index < -0.39 is 17.9 Å². The van der Waals surface area contributed by atoms with E-state index in [1.165, 1.54) is 32.2 Å². The zero-order valence-corrected chi connectivity index (χ0v) is 18.1. The van der Waals surface area contributed by atoms with Gasteiger partial charge < -0.3 is 19.7 Å². The summed E-state index contributed by atoms with van der Waals surface area (Å²) in [6.07, 6.45) is 2.73. The number of fused-ring (bicyclic) bond motifs is 1. The van der Waals surface area contributed by atoms with Crippen LogP contribution in [-0.4, -0.2) is 58.7 Å². The number of piperidine rings is 1. The number of nitrogens with one attached hydrogen (secondary N) is 2. The number of hydrogen-bond acceptors (Lipinski definition) is 5. The Morgan fingerprint density at radius 3 is 2.45 bits per heavy atom. The van der Waals surface area contributed by atoms with Crippen molar-refractivity contribution in [3.05, 3.63) is 34.3 Å². The fraction of sp³-hybridized carbons (Fsp3) is 0.591. The van der Waals surface area contributed by atoms with Crippen molar-refractivity contribution < 1.29 is 32.3 Å². The molecule has 2 aliphatic rings. The number of benzene rings is 1. The number of aromatic amines is 1. The van der Waals surface area contributed by atoms with Crippen LogP contribution in [0.4, 0.5) is 13.2 Å². The molecule has 3 heterocycles. The Labute approximate surface area is 188 Å². The first kappa shape index (κ1) is 24.8. The molecule has 33 heavy (non-hydrogen) atoms. The number of hydrogen-bond donors (Lipinski definition) is 3. The zero-order chi connectivity index (χ0) is 24.0. The summed E-state index contributed by atoms with van der Waals surface area (Å²) >= 11 is 0. The van der Waals surface area contributed by atoms with Crippen molar-refractivity contribution >= 4 is 23.0 Å². The van der Waals surface area contributed by atoms with Crippen LogP contribution in [0.15, 0.2) is 27.4 Å². The van der Waals surface area contributed by atoms with E-state index in [1.54, 1.807) is 6.07 Å². The van der Waals surface area contributed by atoms with Crippen LogP contribution in [0, 0.1) is 5.92 Å². The fourth-order valence-corrected chi connectivity index (χ4v) is 4.31. The summed E-state index contributed by atoms with van der Waals surface area (Å²) in [5, 5.41) is 10.7. The van der Waals surface area contributed by atoms with E-state index >= 15 is 0 Å². The van der Waals surface area contributed by atoms with Crippen LogP contribution in [-0.2, 0) is 16.0 Å². The lowest BCUT2D eigenvalue weighted by Gasteiger charge is -2.32. The maximum Gasteiger partial charge on any atom is 0.490 e. The minimum atomic E-state index is -5.08. The highest BCUT2D eigenvalue weighted by atomic mass is 19.4. The van der Waals surface area contributed by atoms with Gasteiger partial charge >= 0.3 is 17.9 Å². The number of aliphatic carboxylic acids is 1. The molecule has 0 bridgehead atoms. The van der Waals surface area contributed by atoms with E-state index in [1.807, 2.05) is 17.0 Å². The van der Waals surface area contributed by atoms with Gasteiger partial charge in [-0.05, 0) is 68.7 Å². The van der Waals surface area contributed by atoms with Gasteiger partial charge in [-0.25, -0.2) is 9.59 Å². The van der Waals surface area contributed by atoms with E-state index in [0.29, 0.717) is 17.5 Å². The second-order valence-corrected chi connectivity index (χ2v) is 8.52. The maximum absolute atomic E-state index is 12.6. The smallest absolute Gasteiger partial charge is 0.475 e. The van der Waals surface area contributed by atoms with Crippen molar-refractivity contribution in [1.29, 1.82) is 0 Å². The van der Waals surface area contributed by atoms with E-state index in [9.17, 15) is 22.8 Å². The first-order chi connectivity index (χ1) is 15.6. The lowest BCUT2D eigenvalue weighted by Crippen LogP contribution is -2.39. The first-order valence-electron chi connectivity index (χ1n) is 11.0. The molecule has 8 nitrogen and oxygen atoms in total. The molecule has 3 N–H and O–H groups in total. The van der Waals surface area contributed by atoms with Gasteiger partial charge in [-0.15, -0.1) is 0 Å². The second-order valence-electron chi connectivity index (χ2n) is 8.52. The maximum atomic E-state index is 12.6. The van der Waals surface area contributed by atoms with Crippen molar-refractivity contribution in [3.8, 4) is 0 Å². The number of oxazole rings is 1. The third-order valence-corrected chi connectivity index (χ3v) is 6.13. The average Bonchev–Trinajstić information content (AvgIpc) is 3.40. The third kappa shape index (κ3) is 7.34. The average molecular weight is 471 g/mol. The Bertz CT molecular complexity index is 1000.